The van der Waals surface area contributed by atoms with Gasteiger partial charge in [0.1, 0.15) is 0 Å². The third kappa shape index (κ3) is 3.16. The highest BCUT2D eigenvalue weighted by Gasteiger charge is 2.46. The van der Waals surface area contributed by atoms with Crippen LogP contribution in [0.3, 0.4) is 0 Å². The molecule has 0 aromatic heterocycles. The normalized spacial score (nSPS) is 32.6. The Hall–Kier alpha value is -0.120. The summed E-state index contributed by atoms with van der Waals surface area (Å²) in [7, 11) is 0. The van der Waals surface area contributed by atoms with Crippen LogP contribution in [0.15, 0.2) is 0 Å². The average Bonchev–Trinajstić information content (AvgIpc) is 2.98. The first-order valence-corrected chi connectivity index (χ1v) is 9.29. The lowest BCUT2D eigenvalue weighted by Gasteiger charge is -2.52. The molecule has 0 amide bonds. The topological polar surface area (TPSA) is 38.5 Å². The molecule has 2 N–H and O–H groups in total. The SMILES string of the molecule is CCOC1CCCN(C2(CN)CCC3(CCCC3)CC2)C1. The van der Waals surface area contributed by atoms with Crippen molar-refractivity contribution < 1.29 is 4.74 Å². The van der Waals surface area contributed by atoms with E-state index in [0.29, 0.717) is 11.5 Å². The van der Waals surface area contributed by atoms with Crippen molar-refractivity contribution in [2.75, 3.05) is 26.2 Å². The Morgan fingerprint density at radius 2 is 1.76 bits per heavy atom. The molecule has 2 saturated carbocycles. The molecule has 21 heavy (non-hydrogen) atoms. The molecule has 1 heterocycles. The number of likely N-dealkylation sites (tertiary alicyclic amines) is 1. The van der Waals surface area contributed by atoms with Crippen molar-refractivity contribution in [2.24, 2.45) is 11.1 Å². The van der Waals surface area contributed by atoms with Gasteiger partial charge in [0.2, 0.25) is 0 Å². The Morgan fingerprint density at radius 3 is 2.38 bits per heavy atom. The van der Waals surface area contributed by atoms with Crippen molar-refractivity contribution in [3.63, 3.8) is 0 Å². The zero-order valence-corrected chi connectivity index (χ0v) is 13.9. The molecular formula is C18H34N2O. The molecule has 3 fully saturated rings. The minimum absolute atomic E-state index is 0.281. The molecule has 1 atom stereocenters. The van der Waals surface area contributed by atoms with E-state index in [1.54, 1.807) is 0 Å². The highest BCUT2D eigenvalue weighted by Crippen LogP contribution is 2.52. The molecule has 3 nitrogen and oxygen atoms in total. The predicted octanol–water partition coefficient (Wildman–Crippen LogP) is 3.32. The summed E-state index contributed by atoms with van der Waals surface area (Å²) < 4.78 is 5.90. The number of ether oxygens (including phenoxy) is 1. The Bertz CT molecular complexity index is 326. The van der Waals surface area contributed by atoms with Crippen LogP contribution in [0.5, 0.6) is 0 Å². The Labute approximate surface area is 130 Å². The molecule has 3 rings (SSSR count). The first-order valence-electron chi connectivity index (χ1n) is 9.29. The van der Waals surface area contributed by atoms with Crippen molar-refractivity contribution in [3.05, 3.63) is 0 Å². The molecule has 1 unspecified atom stereocenters. The zero-order chi connectivity index (χ0) is 14.8. The number of piperidine rings is 1. The van der Waals surface area contributed by atoms with Gasteiger partial charge in [0.15, 0.2) is 0 Å². The molecule has 3 aliphatic rings. The highest BCUT2D eigenvalue weighted by molar-refractivity contribution is 5.02. The first kappa shape index (κ1) is 15.8. The molecule has 0 aromatic rings. The number of hydrogen-bond donors (Lipinski definition) is 1. The van der Waals surface area contributed by atoms with Crippen LogP contribution in [-0.4, -0.2) is 42.8 Å². The summed E-state index contributed by atoms with van der Waals surface area (Å²) in [5.41, 5.74) is 7.28. The van der Waals surface area contributed by atoms with Crippen molar-refractivity contribution >= 4 is 0 Å². The van der Waals surface area contributed by atoms with Crippen LogP contribution in [-0.2, 0) is 4.74 Å². The van der Waals surface area contributed by atoms with Gasteiger partial charge in [-0.15, -0.1) is 0 Å². The Kier molecular flexibility index (Phi) is 4.92. The van der Waals surface area contributed by atoms with E-state index in [9.17, 15) is 0 Å². The Morgan fingerprint density at radius 1 is 1.05 bits per heavy atom. The molecule has 2 aliphatic carbocycles. The van der Waals surface area contributed by atoms with Crippen LogP contribution in [0.4, 0.5) is 0 Å². The quantitative estimate of drug-likeness (QED) is 0.864. The fraction of sp³-hybridized carbons (Fsp3) is 1.00. The smallest absolute Gasteiger partial charge is 0.0702 e. The lowest BCUT2D eigenvalue weighted by atomic mass is 9.65. The molecule has 0 radical (unpaired) electrons. The average molecular weight is 294 g/mol. The Balaban J connectivity index is 1.64. The van der Waals surface area contributed by atoms with Crippen molar-refractivity contribution in [2.45, 2.75) is 82.8 Å². The van der Waals surface area contributed by atoms with Crippen LogP contribution >= 0.6 is 0 Å². The summed E-state index contributed by atoms with van der Waals surface area (Å²) in [6.45, 7) is 6.13. The van der Waals surface area contributed by atoms with E-state index in [1.807, 2.05) is 0 Å². The monoisotopic (exact) mass is 294 g/mol. The van der Waals surface area contributed by atoms with Gasteiger partial charge in [0.05, 0.1) is 6.10 Å². The summed E-state index contributed by atoms with van der Waals surface area (Å²) in [4.78, 5) is 2.71. The number of rotatable bonds is 4. The summed E-state index contributed by atoms with van der Waals surface area (Å²) in [5.74, 6) is 0. The van der Waals surface area contributed by atoms with Gasteiger partial charge >= 0.3 is 0 Å². The second-order valence-electron chi connectivity index (χ2n) is 7.80. The molecule has 0 bridgehead atoms. The van der Waals surface area contributed by atoms with Gasteiger partial charge in [0.25, 0.3) is 0 Å². The van der Waals surface area contributed by atoms with E-state index in [-0.39, 0.29) is 5.54 Å². The fourth-order valence-electron chi connectivity index (χ4n) is 5.26. The summed E-state index contributed by atoms with van der Waals surface area (Å²) >= 11 is 0. The molecule has 3 heteroatoms. The van der Waals surface area contributed by atoms with Crippen molar-refractivity contribution in [1.82, 2.24) is 4.90 Å². The number of nitrogens with zero attached hydrogens (tertiary/aromatic N) is 1. The third-order valence-corrected chi connectivity index (χ3v) is 6.74. The van der Waals surface area contributed by atoms with E-state index < -0.39 is 0 Å². The largest absolute Gasteiger partial charge is 0.377 e. The maximum absolute atomic E-state index is 6.29. The van der Waals surface area contributed by atoms with Crippen molar-refractivity contribution in [1.29, 1.82) is 0 Å². The number of hydrogen-bond acceptors (Lipinski definition) is 3. The second kappa shape index (κ2) is 6.55. The molecule has 0 aromatic carbocycles. The molecule has 1 saturated heterocycles. The molecule has 1 aliphatic heterocycles. The van der Waals surface area contributed by atoms with Gasteiger partial charge in [-0.2, -0.15) is 0 Å². The predicted molar refractivity (Wildman–Crippen MR) is 87.4 cm³/mol. The summed E-state index contributed by atoms with van der Waals surface area (Å²) in [6, 6.07) is 0. The van der Waals surface area contributed by atoms with Crippen molar-refractivity contribution in [3.8, 4) is 0 Å². The third-order valence-electron chi connectivity index (χ3n) is 6.74. The first-order chi connectivity index (χ1) is 10.2. The van der Waals surface area contributed by atoms with Crippen LogP contribution < -0.4 is 5.73 Å². The van der Waals surface area contributed by atoms with E-state index >= 15 is 0 Å². The van der Waals surface area contributed by atoms with E-state index in [2.05, 4.69) is 11.8 Å². The van der Waals surface area contributed by atoms with Crippen LogP contribution in [0.25, 0.3) is 0 Å². The van der Waals surface area contributed by atoms with Gasteiger partial charge in [-0.3, -0.25) is 4.90 Å². The maximum atomic E-state index is 6.29. The fourth-order valence-corrected chi connectivity index (χ4v) is 5.26. The summed E-state index contributed by atoms with van der Waals surface area (Å²) in [6.07, 6.45) is 14.3. The maximum Gasteiger partial charge on any atom is 0.0702 e. The van der Waals surface area contributed by atoms with Gasteiger partial charge < -0.3 is 10.5 Å². The van der Waals surface area contributed by atoms with Gasteiger partial charge in [0, 0.05) is 25.2 Å². The second-order valence-corrected chi connectivity index (χ2v) is 7.80. The minimum atomic E-state index is 0.281. The van der Waals surface area contributed by atoms with Gasteiger partial charge in [-0.1, -0.05) is 12.8 Å². The lowest BCUT2D eigenvalue weighted by molar-refractivity contribution is -0.0558. The number of nitrogens with two attached hydrogens (primary N) is 1. The zero-order valence-electron chi connectivity index (χ0n) is 13.9. The van der Waals surface area contributed by atoms with Gasteiger partial charge in [-0.05, 0) is 70.3 Å². The van der Waals surface area contributed by atoms with E-state index in [4.69, 9.17) is 10.5 Å². The highest BCUT2D eigenvalue weighted by atomic mass is 16.5. The molecule has 1 spiro atoms. The van der Waals surface area contributed by atoms with Crippen LogP contribution in [0, 0.1) is 5.41 Å². The molecule has 122 valence electrons. The van der Waals surface area contributed by atoms with E-state index in [0.717, 1.165) is 19.7 Å². The van der Waals surface area contributed by atoms with Crippen LogP contribution in [0.1, 0.15) is 71.1 Å². The van der Waals surface area contributed by atoms with E-state index in [1.165, 1.54) is 70.8 Å². The van der Waals surface area contributed by atoms with Gasteiger partial charge in [-0.25, -0.2) is 0 Å². The summed E-state index contributed by atoms with van der Waals surface area (Å²) in [5, 5.41) is 0. The lowest BCUT2D eigenvalue weighted by Crippen LogP contribution is -2.60. The molecular weight excluding hydrogens is 260 g/mol. The minimum Gasteiger partial charge on any atom is -0.377 e. The van der Waals surface area contributed by atoms with Crippen LogP contribution in [0.2, 0.25) is 0 Å². The standard InChI is InChI=1S/C18H34N2O/c1-2-21-16-6-5-13-20(14-16)18(15-19)11-9-17(10-12-18)7-3-4-8-17/h16H,2-15,19H2,1H3.